The van der Waals surface area contributed by atoms with E-state index in [0.29, 0.717) is 12.1 Å². The highest BCUT2D eigenvalue weighted by atomic mass is 16.3. The highest BCUT2D eigenvalue weighted by Gasteiger charge is 2.13. The van der Waals surface area contributed by atoms with E-state index >= 15 is 0 Å². The van der Waals surface area contributed by atoms with Crippen LogP contribution in [-0.4, -0.2) is 24.0 Å². The third-order valence-electron chi connectivity index (χ3n) is 3.61. The first kappa shape index (κ1) is 16.3. The van der Waals surface area contributed by atoms with E-state index < -0.39 is 0 Å². The maximum Gasteiger partial charge on any atom is 0.120 e. The molecule has 1 atom stereocenters. The molecule has 110 valence electrons. The van der Waals surface area contributed by atoms with Crippen LogP contribution < -0.4 is 5.32 Å². The van der Waals surface area contributed by atoms with Crippen molar-refractivity contribution < 1.29 is 4.42 Å². The Labute approximate surface area is 118 Å². The Bertz CT molecular complexity index is 371. The average Bonchev–Trinajstić information content (AvgIpc) is 2.67. The highest BCUT2D eigenvalue weighted by Crippen LogP contribution is 2.17. The first-order valence-corrected chi connectivity index (χ1v) is 7.45. The summed E-state index contributed by atoms with van der Waals surface area (Å²) in [5, 5.41) is 3.40. The SMILES string of the molecule is CCCC(C)N(C)Cc1cc(C)c(CNC(C)C)o1. The highest BCUT2D eigenvalue weighted by molar-refractivity contribution is 5.20. The van der Waals surface area contributed by atoms with Gasteiger partial charge in [0.1, 0.15) is 11.5 Å². The summed E-state index contributed by atoms with van der Waals surface area (Å²) >= 11 is 0. The van der Waals surface area contributed by atoms with Crippen molar-refractivity contribution in [1.29, 1.82) is 0 Å². The Morgan fingerprint density at radius 3 is 2.58 bits per heavy atom. The van der Waals surface area contributed by atoms with Gasteiger partial charge in [0, 0.05) is 12.1 Å². The molecule has 1 N–H and O–H groups in total. The minimum atomic E-state index is 0.486. The summed E-state index contributed by atoms with van der Waals surface area (Å²) in [4.78, 5) is 2.36. The summed E-state index contributed by atoms with van der Waals surface area (Å²) < 4.78 is 5.96. The molecule has 0 spiro atoms. The summed E-state index contributed by atoms with van der Waals surface area (Å²) in [6.07, 6.45) is 2.46. The van der Waals surface area contributed by atoms with Crippen LogP contribution >= 0.6 is 0 Å². The standard InChI is InChI=1S/C16H30N2O/c1-7-8-14(5)18(6)11-15-9-13(4)16(19-15)10-17-12(2)3/h9,12,14,17H,7-8,10-11H2,1-6H3. The van der Waals surface area contributed by atoms with Gasteiger partial charge < -0.3 is 9.73 Å². The smallest absolute Gasteiger partial charge is 0.120 e. The van der Waals surface area contributed by atoms with Crippen LogP contribution in [0.15, 0.2) is 10.5 Å². The molecule has 0 radical (unpaired) electrons. The van der Waals surface area contributed by atoms with E-state index in [1.54, 1.807) is 0 Å². The number of aryl methyl sites for hydroxylation is 1. The molecule has 0 aromatic carbocycles. The van der Waals surface area contributed by atoms with Gasteiger partial charge in [0.25, 0.3) is 0 Å². The second kappa shape index (κ2) is 7.71. The number of rotatable bonds is 8. The van der Waals surface area contributed by atoms with Crippen LogP contribution in [0.25, 0.3) is 0 Å². The van der Waals surface area contributed by atoms with E-state index in [9.17, 15) is 0 Å². The van der Waals surface area contributed by atoms with E-state index in [0.717, 1.165) is 24.6 Å². The molecule has 0 aliphatic rings. The van der Waals surface area contributed by atoms with Crippen molar-refractivity contribution in [2.24, 2.45) is 0 Å². The molecule has 0 aliphatic carbocycles. The predicted molar refractivity (Wildman–Crippen MR) is 81.3 cm³/mol. The van der Waals surface area contributed by atoms with E-state index in [4.69, 9.17) is 4.42 Å². The molecule has 0 amide bonds. The van der Waals surface area contributed by atoms with Gasteiger partial charge in [-0.05, 0) is 38.9 Å². The molecule has 0 saturated heterocycles. The van der Waals surface area contributed by atoms with Crippen LogP contribution in [0, 0.1) is 6.92 Å². The molecule has 0 aliphatic heterocycles. The third-order valence-corrected chi connectivity index (χ3v) is 3.61. The zero-order chi connectivity index (χ0) is 14.4. The summed E-state index contributed by atoms with van der Waals surface area (Å²) in [7, 11) is 2.17. The second-order valence-electron chi connectivity index (χ2n) is 5.91. The molecule has 3 nitrogen and oxygen atoms in total. The van der Waals surface area contributed by atoms with Gasteiger partial charge in [0.15, 0.2) is 0 Å². The molecule has 1 rings (SSSR count). The van der Waals surface area contributed by atoms with Gasteiger partial charge in [-0.25, -0.2) is 0 Å². The molecular formula is C16H30N2O. The van der Waals surface area contributed by atoms with Gasteiger partial charge in [-0.1, -0.05) is 27.2 Å². The van der Waals surface area contributed by atoms with Crippen molar-refractivity contribution in [3.63, 3.8) is 0 Å². The van der Waals surface area contributed by atoms with Crippen LogP contribution in [0.1, 0.15) is 57.6 Å². The first-order valence-electron chi connectivity index (χ1n) is 7.45. The van der Waals surface area contributed by atoms with Crippen LogP contribution in [0.5, 0.6) is 0 Å². The van der Waals surface area contributed by atoms with E-state index in [1.807, 2.05) is 0 Å². The van der Waals surface area contributed by atoms with Gasteiger partial charge >= 0.3 is 0 Å². The van der Waals surface area contributed by atoms with Crippen molar-refractivity contribution >= 4 is 0 Å². The molecule has 0 bridgehead atoms. The Morgan fingerprint density at radius 2 is 2.00 bits per heavy atom. The summed E-state index contributed by atoms with van der Waals surface area (Å²) in [6.45, 7) is 12.7. The van der Waals surface area contributed by atoms with Crippen LogP contribution in [0.3, 0.4) is 0 Å². The van der Waals surface area contributed by atoms with E-state index in [-0.39, 0.29) is 0 Å². The Balaban J connectivity index is 2.57. The Hall–Kier alpha value is -0.800. The second-order valence-corrected chi connectivity index (χ2v) is 5.91. The number of nitrogens with zero attached hydrogens (tertiary/aromatic N) is 1. The number of hydrogen-bond donors (Lipinski definition) is 1. The van der Waals surface area contributed by atoms with Crippen LogP contribution in [-0.2, 0) is 13.1 Å². The van der Waals surface area contributed by atoms with Crippen molar-refractivity contribution in [2.75, 3.05) is 7.05 Å². The molecule has 1 heterocycles. The van der Waals surface area contributed by atoms with Crippen molar-refractivity contribution in [3.8, 4) is 0 Å². The fourth-order valence-electron chi connectivity index (χ4n) is 2.18. The fraction of sp³-hybridized carbons (Fsp3) is 0.750. The lowest BCUT2D eigenvalue weighted by Gasteiger charge is -2.23. The van der Waals surface area contributed by atoms with Gasteiger partial charge in [-0.15, -0.1) is 0 Å². The fourth-order valence-corrected chi connectivity index (χ4v) is 2.18. The maximum atomic E-state index is 5.96. The molecule has 1 aromatic rings. The third kappa shape index (κ3) is 5.37. The first-order chi connectivity index (χ1) is 8.93. The molecular weight excluding hydrogens is 236 g/mol. The van der Waals surface area contributed by atoms with Crippen molar-refractivity contribution in [3.05, 3.63) is 23.2 Å². The van der Waals surface area contributed by atoms with Crippen LogP contribution in [0.2, 0.25) is 0 Å². The maximum absolute atomic E-state index is 5.96. The normalized spacial score (nSPS) is 13.5. The molecule has 1 unspecified atom stereocenters. The zero-order valence-corrected chi connectivity index (χ0v) is 13.4. The monoisotopic (exact) mass is 266 g/mol. The minimum absolute atomic E-state index is 0.486. The van der Waals surface area contributed by atoms with Gasteiger partial charge in [-0.3, -0.25) is 4.90 Å². The molecule has 3 heteroatoms. The summed E-state index contributed by atoms with van der Waals surface area (Å²) in [6, 6.07) is 3.26. The van der Waals surface area contributed by atoms with Crippen molar-refractivity contribution in [2.45, 2.75) is 72.6 Å². The van der Waals surface area contributed by atoms with Gasteiger partial charge in [0.05, 0.1) is 13.1 Å². The number of furan rings is 1. The lowest BCUT2D eigenvalue weighted by molar-refractivity contribution is 0.217. The molecule has 0 fully saturated rings. The largest absolute Gasteiger partial charge is 0.463 e. The van der Waals surface area contributed by atoms with Crippen LogP contribution in [0.4, 0.5) is 0 Å². The minimum Gasteiger partial charge on any atom is -0.463 e. The Kier molecular flexibility index (Phi) is 6.59. The topological polar surface area (TPSA) is 28.4 Å². The van der Waals surface area contributed by atoms with Gasteiger partial charge in [-0.2, -0.15) is 0 Å². The predicted octanol–water partition coefficient (Wildman–Crippen LogP) is 3.71. The quantitative estimate of drug-likeness (QED) is 0.777. The Morgan fingerprint density at radius 1 is 1.32 bits per heavy atom. The lowest BCUT2D eigenvalue weighted by Crippen LogP contribution is -2.28. The lowest BCUT2D eigenvalue weighted by atomic mass is 10.1. The summed E-state index contributed by atoms with van der Waals surface area (Å²) in [5.41, 5.74) is 1.25. The van der Waals surface area contributed by atoms with Crippen molar-refractivity contribution in [1.82, 2.24) is 10.2 Å². The number of nitrogens with one attached hydrogen (secondary N) is 1. The van der Waals surface area contributed by atoms with E-state index in [1.165, 1.54) is 18.4 Å². The molecule has 19 heavy (non-hydrogen) atoms. The average molecular weight is 266 g/mol. The van der Waals surface area contributed by atoms with Gasteiger partial charge in [0.2, 0.25) is 0 Å². The van der Waals surface area contributed by atoms with E-state index in [2.05, 4.69) is 57.9 Å². The number of hydrogen-bond acceptors (Lipinski definition) is 3. The summed E-state index contributed by atoms with van der Waals surface area (Å²) in [5.74, 6) is 2.14. The zero-order valence-electron chi connectivity index (χ0n) is 13.4. The molecule has 0 saturated carbocycles. The molecule has 1 aromatic heterocycles.